The van der Waals surface area contributed by atoms with Crippen molar-refractivity contribution in [1.29, 1.82) is 0 Å². The minimum absolute atomic E-state index is 0.115. The predicted octanol–water partition coefficient (Wildman–Crippen LogP) is 3.54. The number of thiophene rings is 1. The lowest BCUT2D eigenvalue weighted by atomic mass is 10.2. The zero-order chi connectivity index (χ0) is 16.9. The summed E-state index contributed by atoms with van der Waals surface area (Å²) in [6.45, 7) is 1.08. The third kappa shape index (κ3) is 3.48. The number of nitrogens with one attached hydrogen (secondary N) is 1. The van der Waals surface area contributed by atoms with E-state index in [2.05, 4.69) is 16.8 Å². The van der Waals surface area contributed by atoms with E-state index in [-0.39, 0.29) is 18.5 Å². The molecule has 1 fully saturated rings. The Hall–Kier alpha value is -2.21. The third-order valence-corrected chi connectivity index (χ3v) is 5.26. The van der Waals surface area contributed by atoms with Crippen LogP contribution in [0.2, 0.25) is 0 Å². The van der Waals surface area contributed by atoms with Gasteiger partial charge in [0.05, 0.1) is 32.5 Å². The van der Waals surface area contributed by atoms with Gasteiger partial charge < -0.3 is 19.7 Å². The van der Waals surface area contributed by atoms with Crippen LogP contribution in [-0.2, 0) is 4.79 Å². The van der Waals surface area contributed by atoms with E-state index >= 15 is 0 Å². The van der Waals surface area contributed by atoms with Crippen molar-refractivity contribution >= 4 is 22.9 Å². The molecule has 0 radical (unpaired) electrons. The van der Waals surface area contributed by atoms with E-state index in [1.165, 1.54) is 4.88 Å². The summed E-state index contributed by atoms with van der Waals surface area (Å²) in [7, 11) is 3.22. The molecule has 0 saturated carbocycles. The van der Waals surface area contributed by atoms with Crippen molar-refractivity contribution in [3.63, 3.8) is 0 Å². The second kappa shape index (κ2) is 7.57. The second-order valence-electron chi connectivity index (χ2n) is 5.68. The summed E-state index contributed by atoms with van der Waals surface area (Å²) in [6, 6.07) is 9.89. The van der Waals surface area contributed by atoms with Gasteiger partial charge in [0.1, 0.15) is 11.5 Å². The molecule has 6 heteroatoms. The molecule has 1 saturated heterocycles. The second-order valence-corrected chi connectivity index (χ2v) is 6.66. The Labute approximate surface area is 146 Å². The fraction of sp³-hybridized carbons (Fsp3) is 0.389. The maximum atomic E-state index is 12.6. The molecule has 5 nitrogen and oxygen atoms in total. The highest BCUT2D eigenvalue weighted by Gasteiger charge is 2.30. The standard InChI is InChI=1S/C18H22N2O3S/c1-22-13-7-8-14(16(11-13)23-2)19-12-18(21)20-9-3-5-15(20)17-6-4-10-24-17/h4,6-8,10-11,15,19H,3,5,9,12H2,1-2H3/t15-/m0/s1. The fourth-order valence-corrected chi connectivity index (χ4v) is 3.93. The van der Waals surface area contributed by atoms with Crippen LogP contribution in [0.3, 0.4) is 0 Å². The van der Waals surface area contributed by atoms with Crippen LogP contribution in [0.15, 0.2) is 35.7 Å². The number of benzene rings is 1. The van der Waals surface area contributed by atoms with Crippen LogP contribution in [0, 0.1) is 0 Å². The number of nitrogens with zero attached hydrogens (tertiary/aromatic N) is 1. The Bertz CT molecular complexity index is 688. The number of rotatable bonds is 6. The van der Waals surface area contributed by atoms with Crippen LogP contribution < -0.4 is 14.8 Å². The quantitative estimate of drug-likeness (QED) is 0.869. The number of amides is 1. The first-order valence-electron chi connectivity index (χ1n) is 8.01. The van der Waals surface area contributed by atoms with Gasteiger partial charge in [0, 0.05) is 17.5 Å². The molecule has 0 spiro atoms. The number of ether oxygens (including phenoxy) is 2. The molecule has 1 N–H and O–H groups in total. The summed E-state index contributed by atoms with van der Waals surface area (Å²) in [5, 5.41) is 5.26. The molecule has 2 heterocycles. The van der Waals surface area contributed by atoms with Crippen molar-refractivity contribution in [2.45, 2.75) is 18.9 Å². The molecule has 0 bridgehead atoms. The topological polar surface area (TPSA) is 50.8 Å². The van der Waals surface area contributed by atoms with Gasteiger partial charge in [-0.15, -0.1) is 11.3 Å². The van der Waals surface area contributed by atoms with Crippen molar-refractivity contribution in [2.24, 2.45) is 0 Å². The normalized spacial score (nSPS) is 16.9. The summed E-state index contributed by atoms with van der Waals surface area (Å²) in [5.74, 6) is 1.50. The summed E-state index contributed by atoms with van der Waals surface area (Å²) in [6.07, 6.45) is 2.10. The van der Waals surface area contributed by atoms with Gasteiger partial charge in [-0.05, 0) is 36.4 Å². The maximum Gasteiger partial charge on any atom is 0.242 e. The summed E-state index contributed by atoms with van der Waals surface area (Å²) in [4.78, 5) is 15.9. The maximum absolute atomic E-state index is 12.6. The van der Waals surface area contributed by atoms with Crippen LogP contribution in [-0.4, -0.2) is 38.1 Å². The molecule has 0 unspecified atom stereocenters. The van der Waals surface area contributed by atoms with Crippen molar-refractivity contribution in [2.75, 3.05) is 32.6 Å². The molecule has 0 aliphatic carbocycles. The Kier molecular flexibility index (Phi) is 5.25. The third-order valence-electron chi connectivity index (χ3n) is 4.28. The SMILES string of the molecule is COc1ccc(NCC(=O)N2CCC[C@H]2c2cccs2)c(OC)c1. The highest BCUT2D eigenvalue weighted by atomic mass is 32.1. The van der Waals surface area contributed by atoms with E-state index in [1.807, 2.05) is 23.1 Å². The van der Waals surface area contributed by atoms with E-state index in [9.17, 15) is 4.79 Å². The number of likely N-dealkylation sites (tertiary alicyclic amines) is 1. The molecular formula is C18H22N2O3S. The molecule has 1 atom stereocenters. The highest BCUT2D eigenvalue weighted by molar-refractivity contribution is 7.10. The molecule has 1 amide bonds. The highest BCUT2D eigenvalue weighted by Crippen LogP contribution is 2.34. The molecule has 3 rings (SSSR count). The van der Waals surface area contributed by atoms with Crippen LogP contribution in [0.1, 0.15) is 23.8 Å². The first-order chi connectivity index (χ1) is 11.7. The molecule has 1 aliphatic heterocycles. The largest absolute Gasteiger partial charge is 0.497 e. The average molecular weight is 346 g/mol. The lowest BCUT2D eigenvalue weighted by Gasteiger charge is -2.24. The molecule has 128 valence electrons. The Balaban J connectivity index is 1.65. The minimum Gasteiger partial charge on any atom is -0.497 e. The van der Waals surface area contributed by atoms with Gasteiger partial charge in [-0.2, -0.15) is 0 Å². The number of hydrogen-bond acceptors (Lipinski definition) is 5. The van der Waals surface area contributed by atoms with Crippen molar-refractivity contribution < 1.29 is 14.3 Å². The van der Waals surface area contributed by atoms with Crippen molar-refractivity contribution in [1.82, 2.24) is 4.90 Å². The Morgan fingerprint density at radius 1 is 1.33 bits per heavy atom. The number of methoxy groups -OCH3 is 2. The molecule has 1 aromatic heterocycles. The molecule has 1 aromatic carbocycles. The summed E-state index contributed by atoms with van der Waals surface area (Å²) >= 11 is 1.72. The molecule has 24 heavy (non-hydrogen) atoms. The van der Waals surface area contributed by atoms with Gasteiger partial charge in [-0.25, -0.2) is 0 Å². The molecule has 2 aromatic rings. The Morgan fingerprint density at radius 2 is 2.21 bits per heavy atom. The number of hydrogen-bond donors (Lipinski definition) is 1. The van der Waals surface area contributed by atoms with E-state index in [4.69, 9.17) is 9.47 Å². The predicted molar refractivity (Wildman–Crippen MR) is 96.0 cm³/mol. The van der Waals surface area contributed by atoms with Gasteiger partial charge >= 0.3 is 0 Å². The number of carbonyl (C=O) groups is 1. The zero-order valence-corrected chi connectivity index (χ0v) is 14.8. The van der Waals surface area contributed by atoms with E-state index < -0.39 is 0 Å². The average Bonchev–Trinajstić information content (AvgIpc) is 3.30. The van der Waals surface area contributed by atoms with Crippen LogP contribution in [0.25, 0.3) is 0 Å². The van der Waals surface area contributed by atoms with E-state index in [0.29, 0.717) is 5.75 Å². The monoisotopic (exact) mass is 346 g/mol. The Morgan fingerprint density at radius 3 is 2.92 bits per heavy atom. The first-order valence-corrected chi connectivity index (χ1v) is 8.89. The van der Waals surface area contributed by atoms with Crippen LogP contribution in [0.5, 0.6) is 11.5 Å². The first kappa shape index (κ1) is 16.6. The zero-order valence-electron chi connectivity index (χ0n) is 14.0. The van der Waals surface area contributed by atoms with E-state index in [1.54, 1.807) is 31.6 Å². The van der Waals surface area contributed by atoms with Gasteiger partial charge in [0.2, 0.25) is 5.91 Å². The van der Waals surface area contributed by atoms with Crippen molar-refractivity contribution in [3.8, 4) is 11.5 Å². The van der Waals surface area contributed by atoms with Crippen LogP contribution in [0.4, 0.5) is 5.69 Å². The van der Waals surface area contributed by atoms with Gasteiger partial charge in [-0.1, -0.05) is 6.07 Å². The van der Waals surface area contributed by atoms with Crippen molar-refractivity contribution in [3.05, 3.63) is 40.6 Å². The lowest BCUT2D eigenvalue weighted by molar-refractivity contribution is -0.130. The summed E-state index contributed by atoms with van der Waals surface area (Å²) < 4.78 is 10.6. The van der Waals surface area contributed by atoms with Crippen LogP contribution >= 0.6 is 11.3 Å². The number of anilines is 1. The molecule has 1 aliphatic rings. The van der Waals surface area contributed by atoms with Gasteiger partial charge in [0.25, 0.3) is 0 Å². The van der Waals surface area contributed by atoms with Gasteiger partial charge in [0.15, 0.2) is 0 Å². The summed E-state index contributed by atoms with van der Waals surface area (Å²) in [5.41, 5.74) is 0.790. The fourth-order valence-electron chi connectivity index (χ4n) is 3.06. The molecular weight excluding hydrogens is 324 g/mol. The lowest BCUT2D eigenvalue weighted by Crippen LogP contribution is -2.34. The minimum atomic E-state index is 0.115. The number of carbonyl (C=O) groups excluding carboxylic acids is 1. The smallest absolute Gasteiger partial charge is 0.242 e. The van der Waals surface area contributed by atoms with E-state index in [0.717, 1.165) is 30.8 Å². The van der Waals surface area contributed by atoms with Gasteiger partial charge in [-0.3, -0.25) is 4.79 Å².